The minimum Gasteiger partial charge on any atom is -0.143 e. The fourth-order valence-electron chi connectivity index (χ4n) is 3.13. The monoisotopic (exact) mass is 404 g/mol. The van der Waals surface area contributed by atoms with Crippen LogP contribution in [-0.4, -0.2) is 11.5 Å². The summed E-state index contributed by atoms with van der Waals surface area (Å²) in [7, 11) is 0. The molecule has 0 heterocycles. The van der Waals surface area contributed by atoms with E-state index in [1.807, 2.05) is 23.5 Å². The van der Waals surface area contributed by atoms with Gasteiger partial charge in [-0.25, -0.2) is 0 Å². The Kier molecular flexibility index (Phi) is 8.32. The van der Waals surface area contributed by atoms with E-state index < -0.39 is 0 Å². The predicted octanol–water partition coefficient (Wildman–Crippen LogP) is 8.20. The van der Waals surface area contributed by atoms with Crippen LogP contribution in [0.4, 0.5) is 0 Å². The molecule has 2 atom stereocenters. The van der Waals surface area contributed by atoms with Crippen molar-refractivity contribution in [1.82, 2.24) is 0 Å². The highest BCUT2D eigenvalue weighted by Gasteiger charge is 2.11. The summed E-state index contributed by atoms with van der Waals surface area (Å²) in [5, 5.41) is 0. The summed E-state index contributed by atoms with van der Waals surface area (Å²) in [6, 6.07) is 30.4. The Labute approximate surface area is 178 Å². The first kappa shape index (κ1) is 20.8. The summed E-state index contributed by atoms with van der Waals surface area (Å²) < 4.78 is 0.478. The van der Waals surface area contributed by atoms with Crippen molar-refractivity contribution in [2.24, 2.45) is 0 Å². The van der Waals surface area contributed by atoms with Gasteiger partial charge in [-0.15, -0.1) is 23.5 Å². The fraction of sp³-hybridized carbons (Fsp3) is 0.231. The second-order valence-electron chi connectivity index (χ2n) is 6.74. The molecule has 2 heteroatoms. The normalized spacial score (nSPS) is 13.5. The molecule has 0 saturated heterocycles. The van der Waals surface area contributed by atoms with Crippen molar-refractivity contribution in [3.8, 4) is 11.1 Å². The van der Waals surface area contributed by atoms with Crippen LogP contribution in [0.25, 0.3) is 11.1 Å². The van der Waals surface area contributed by atoms with Gasteiger partial charge >= 0.3 is 0 Å². The first-order chi connectivity index (χ1) is 13.8. The van der Waals surface area contributed by atoms with Gasteiger partial charge < -0.3 is 0 Å². The van der Waals surface area contributed by atoms with E-state index in [2.05, 4.69) is 111 Å². The summed E-state index contributed by atoms with van der Waals surface area (Å²) in [5.74, 6) is 2.63. The van der Waals surface area contributed by atoms with E-state index >= 15 is 0 Å². The third-order valence-corrected chi connectivity index (χ3v) is 7.39. The van der Waals surface area contributed by atoms with Crippen LogP contribution in [0.3, 0.4) is 0 Å². The molecule has 3 aromatic carbocycles. The lowest BCUT2D eigenvalue weighted by molar-refractivity contribution is 0.965. The highest BCUT2D eigenvalue weighted by atomic mass is 32.2. The van der Waals surface area contributed by atoms with Gasteiger partial charge in [0.05, 0.1) is 4.58 Å². The number of thioether (sulfide) groups is 2. The second kappa shape index (κ2) is 11.2. The lowest BCUT2D eigenvalue weighted by atomic mass is 10.0. The Morgan fingerprint density at radius 3 is 1.96 bits per heavy atom. The quantitative estimate of drug-likeness (QED) is 0.260. The van der Waals surface area contributed by atoms with Crippen LogP contribution in [0.1, 0.15) is 35.5 Å². The van der Waals surface area contributed by atoms with E-state index in [0.717, 1.165) is 11.5 Å². The Bertz CT molecular complexity index is 839. The lowest BCUT2D eigenvalue weighted by Gasteiger charge is -2.16. The molecule has 0 radical (unpaired) electrons. The number of allylic oxidation sites excluding steroid dienone is 1. The van der Waals surface area contributed by atoms with E-state index in [9.17, 15) is 0 Å². The number of hydrogen-bond acceptors (Lipinski definition) is 2. The molecule has 0 saturated carbocycles. The van der Waals surface area contributed by atoms with Crippen molar-refractivity contribution >= 4 is 23.5 Å². The molecule has 0 amide bonds. The molecule has 0 fully saturated rings. The summed E-state index contributed by atoms with van der Waals surface area (Å²) in [6.07, 6.45) is 4.65. The Balaban J connectivity index is 1.59. The summed E-state index contributed by atoms with van der Waals surface area (Å²) in [5.41, 5.74) is 5.34. The molecule has 0 spiro atoms. The van der Waals surface area contributed by atoms with Crippen molar-refractivity contribution in [2.45, 2.75) is 24.3 Å². The van der Waals surface area contributed by atoms with E-state index in [-0.39, 0.29) is 0 Å². The summed E-state index contributed by atoms with van der Waals surface area (Å²) >= 11 is 4.03. The smallest absolute Gasteiger partial charge is 0.0754 e. The molecule has 3 rings (SSSR count). The molecule has 0 bridgehead atoms. The Morgan fingerprint density at radius 2 is 1.32 bits per heavy atom. The number of benzene rings is 3. The van der Waals surface area contributed by atoms with Crippen LogP contribution in [0.5, 0.6) is 0 Å². The van der Waals surface area contributed by atoms with Gasteiger partial charge in [0.25, 0.3) is 0 Å². The molecule has 0 aliphatic heterocycles. The van der Waals surface area contributed by atoms with Gasteiger partial charge in [0.2, 0.25) is 0 Å². The first-order valence-electron chi connectivity index (χ1n) is 9.88. The van der Waals surface area contributed by atoms with E-state index in [1.165, 1.54) is 22.3 Å². The van der Waals surface area contributed by atoms with Crippen molar-refractivity contribution in [2.75, 3.05) is 11.5 Å². The topological polar surface area (TPSA) is 0 Å². The van der Waals surface area contributed by atoms with Crippen molar-refractivity contribution < 1.29 is 0 Å². The molecule has 0 N–H and O–H groups in total. The van der Waals surface area contributed by atoms with Crippen LogP contribution in [-0.2, 0) is 0 Å². The minimum absolute atomic E-state index is 0.462. The van der Waals surface area contributed by atoms with Gasteiger partial charge in [-0.05, 0) is 33.9 Å². The average Bonchev–Trinajstić information content (AvgIpc) is 2.77. The Hall–Kier alpha value is -1.90. The predicted molar refractivity (Wildman–Crippen MR) is 129 cm³/mol. The SMILES string of the molecule is CCSC(SC/C=C/C(C)c1ccccc1)c1ccc(-c2ccccc2)cc1. The van der Waals surface area contributed by atoms with Crippen LogP contribution in [0.15, 0.2) is 97.1 Å². The molecule has 3 aromatic rings. The molecule has 0 aromatic heterocycles. The van der Waals surface area contributed by atoms with Crippen LogP contribution >= 0.6 is 23.5 Å². The molecular weight excluding hydrogens is 376 g/mol. The van der Waals surface area contributed by atoms with E-state index in [1.54, 1.807) is 0 Å². The maximum atomic E-state index is 2.33. The van der Waals surface area contributed by atoms with Gasteiger partial charge in [-0.2, -0.15) is 0 Å². The van der Waals surface area contributed by atoms with Crippen LogP contribution in [0.2, 0.25) is 0 Å². The standard InChI is InChI=1S/C26H28S2/c1-3-27-26(28-20-10-11-21(2)22-12-6-4-7-13-22)25-18-16-24(17-19-25)23-14-8-5-9-15-23/h4-19,21,26H,3,20H2,1-2H3/b11-10+. The zero-order valence-electron chi connectivity index (χ0n) is 16.6. The maximum absolute atomic E-state index is 2.33. The third-order valence-electron chi connectivity index (χ3n) is 4.70. The molecular formula is C26H28S2. The number of hydrogen-bond donors (Lipinski definition) is 0. The molecule has 144 valence electrons. The highest BCUT2D eigenvalue weighted by molar-refractivity contribution is 8.16. The molecule has 0 aliphatic carbocycles. The number of rotatable bonds is 9. The van der Waals surface area contributed by atoms with Gasteiger partial charge in [0.1, 0.15) is 0 Å². The zero-order valence-corrected chi connectivity index (χ0v) is 18.3. The average molecular weight is 405 g/mol. The fourth-order valence-corrected chi connectivity index (χ4v) is 5.55. The Morgan fingerprint density at radius 1 is 0.714 bits per heavy atom. The molecule has 2 unspecified atom stereocenters. The van der Waals surface area contributed by atoms with Crippen molar-refractivity contribution in [3.05, 3.63) is 108 Å². The van der Waals surface area contributed by atoms with Crippen LogP contribution in [0, 0.1) is 0 Å². The van der Waals surface area contributed by atoms with Gasteiger partial charge in [0, 0.05) is 5.75 Å². The lowest BCUT2D eigenvalue weighted by Crippen LogP contribution is -1.92. The zero-order chi connectivity index (χ0) is 19.6. The van der Waals surface area contributed by atoms with Gasteiger partial charge in [0.15, 0.2) is 0 Å². The highest BCUT2D eigenvalue weighted by Crippen LogP contribution is 2.40. The van der Waals surface area contributed by atoms with Gasteiger partial charge in [-0.3, -0.25) is 0 Å². The second-order valence-corrected chi connectivity index (χ2v) is 9.55. The minimum atomic E-state index is 0.462. The van der Waals surface area contributed by atoms with Crippen LogP contribution < -0.4 is 0 Å². The maximum Gasteiger partial charge on any atom is 0.0754 e. The largest absolute Gasteiger partial charge is 0.143 e. The first-order valence-corrected chi connectivity index (χ1v) is 12.0. The molecule has 0 nitrogen and oxygen atoms in total. The summed E-state index contributed by atoms with van der Waals surface area (Å²) in [4.78, 5) is 0. The third kappa shape index (κ3) is 6.05. The van der Waals surface area contributed by atoms with E-state index in [0.29, 0.717) is 10.5 Å². The van der Waals surface area contributed by atoms with Gasteiger partial charge in [-0.1, -0.05) is 111 Å². The van der Waals surface area contributed by atoms with Crippen molar-refractivity contribution in [1.29, 1.82) is 0 Å². The molecule has 28 heavy (non-hydrogen) atoms. The summed E-state index contributed by atoms with van der Waals surface area (Å²) in [6.45, 7) is 4.50. The molecule has 0 aliphatic rings. The van der Waals surface area contributed by atoms with E-state index in [4.69, 9.17) is 0 Å². The van der Waals surface area contributed by atoms with Crippen molar-refractivity contribution in [3.63, 3.8) is 0 Å².